The third-order valence-corrected chi connectivity index (χ3v) is 2.92. The van der Waals surface area contributed by atoms with Gasteiger partial charge in [-0.2, -0.15) is 0 Å². The topological polar surface area (TPSA) is 125 Å². The first kappa shape index (κ1) is 15.4. The highest BCUT2D eigenvalue weighted by Crippen LogP contribution is 2.25. The van der Waals surface area contributed by atoms with E-state index in [4.69, 9.17) is 0 Å². The van der Waals surface area contributed by atoms with Crippen molar-refractivity contribution in [3.63, 3.8) is 0 Å². The van der Waals surface area contributed by atoms with Gasteiger partial charge in [0.1, 0.15) is 0 Å². The molecule has 1 aromatic heterocycles. The van der Waals surface area contributed by atoms with Crippen molar-refractivity contribution in [3.8, 4) is 0 Å². The molecule has 3 N–H and O–H groups in total. The van der Waals surface area contributed by atoms with Gasteiger partial charge in [-0.1, -0.05) is 12.2 Å². The molecular weight excluding hydrogens is 266 g/mol. The minimum Gasteiger partial charge on any atom is -0.479 e. The van der Waals surface area contributed by atoms with Crippen molar-refractivity contribution in [2.24, 2.45) is 0 Å². The first-order valence-corrected chi connectivity index (χ1v) is 5.80. The Balaban J connectivity index is 3.67. The molecule has 108 valence electrons. The number of nitrogens with zero attached hydrogens (tertiary/aromatic N) is 1. The Morgan fingerprint density at radius 1 is 1.20 bits per heavy atom. The van der Waals surface area contributed by atoms with Gasteiger partial charge in [-0.05, 0) is 19.3 Å². The summed E-state index contributed by atoms with van der Waals surface area (Å²) in [5.41, 5.74) is -4.96. The van der Waals surface area contributed by atoms with Crippen molar-refractivity contribution in [1.82, 2.24) is 14.5 Å². The SMILES string of the molecule is C=CCCC(CC=C)(C(=O)O)n1c(=O)[nH]c(=O)[nH]c1=O. The van der Waals surface area contributed by atoms with E-state index in [1.54, 1.807) is 0 Å². The number of rotatable bonds is 7. The van der Waals surface area contributed by atoms with Crippen LogP contribution in [-0.4, -0.2) is 25.6 Å². The van der Waals surface area contributed by atoms with Crippen molar-refractivity contribution in [3.05, 3.63) is 56.8 Å². The molecule has 0 amide bonds. The van der Waals surface area contributed by atoms with Crippen LogP contribution in [0.25, 0.3) is 0 Å². The molecule has 1 rings (SSSR count). The fourth-order valence-electron chi connectivity index (χ4n) is 1.99. The predicted molar refractivity (Wildman–Crippen MR) is 71.8 cm³/mol. The lowest BCUT2D eigenvalue weighted by molar-refractivity contribution is -0.148. The number of aliphatic carboxylic acids is 1. The van der Waals surface area contributed by atoms with E-state index in [0.717, 1.165) is 0 Å². The molecule has 0 spiro atoms. The number of hydrogen-bond donors (Lipinski definition) is 3. The zero-order chi connectivity index (χ0) is 15.3. The summed E-state index contributed by atoms with van der Waals surface area (Å²) < 4.78 is 0.502. The van der Waals surface area contributed by atoms with Gasteiger partial charge in [0.05, 0.1) is 0 Å². The first-order chi connectivity index (χ1) is 9.39. The molecule has 0 saturated heterocycles. The predicted octanol–water partition coefficient (Wildman–Crippen LogP) is -0.453. The Morgan fingerprint density at radius 2 is 1.75 bits per heavy atom. The van der Waals surface area contributed by atoms with Crippen molar-refractivity contribution >= 4 is 5.97 Å². The number of aromatic amines is 2. The number of H-pyrrole nitrogens is 2. The summed E-state index contributed by atoms with van der Waals surface area (Å²) >= 11 is 0. The maximum Gasteiger partial charge on any atom is 0.334 e. The lowest BCUT2D eigenvalue weighted by Gasteiger charge is -2.28. The maximum absolute atomic E-state index is 11.8. The van der Waals surface area contributed by atoms with Gasteiger partial charge in [-0.15, -0.1) is 13.2 Å². The van der Waals surface area contributed by atoms with Crippen LogP contribution in [0.15, 0.2) is 39.7 Å². The molecule has 1 heterocycles. The van der Waals surface area contributed by atoms with Gasteiger partial charge in [0.15, 0.2) is 5.54 Å². The molecule has 0 bridgehead atoms. The highest BCUT2D eigenvalue weighted by Gasteiger charge is 2.41. The minimum atomic E-state index is -1.81. The van der Waals surface area contributed by atoms with E-state index in [0.29, 0.717) is 4.57 Å². The zero-order valence-corrected chi connectivity index (χ0v) is 10.7. The van der Waals surface area contributed by atoms with Crippen LogP contribution < -0.4 is 17.1 Å². The van der Waals surface area contributed by atoms with Gasteiger partial charge in [0, 0.05) is 0 Å². The summed E-state index contributed by atoms with van der Waals surface area (Å²) in [6.45, 7) is 6.94. The fraction of sp³-hybridized carbons (Fsp3) is 0.333. The molecule has 0 fully saturated rings. The van der Waals surface area contributed by atoms with E-state index < -0.39 is 28.6 Å². The van der Waals surface area contributed by atoms with Crippen LogP contribution >= 0.6 is 0 Å². The number of hydrogen-bond acceptors (Lipinski definition) is 4. The molecular formula is C12H15N3O5. The van der Waals surface area contributed by atoms with Crippen molar-refractivity contribution < 1.29 is 9.90 Å². The molecule has 8 nitrogen and oxygen atoms in total. The summed E-state index contributed by atoms with van der Waals surface area (Å²) in [6, 6.07) is 0. The van der Waals surface area contributed by atoms with E-state index in [1.165, 1.54) is 12.2 Å². The van der Waals surface area contributed by atoms with E-state index in [-0.39, 0.29) is 19.3 Å². The molecule has 20 heavy (non-hydrogen) atoms. The van der Waals surface area contributed by atoms with Gasteiger partial charge in [-0.3, -0.25) is 9.97 Å². The highest BCUT2D eigenvalue weighted by atomic mass is 16.4. The summed E-state index contributed by atoms with van der Waals surface area (Å²) in [5, 5.41) is 9.47. The Kier molecular flexibility index (Phi) is 4.63. The smallest absolute Gasteiger partial charge is 0.334 e. The van der Waals surface area contributed by atoms with Crippen molar-refractivity contribution in [2.75, 3.05) is 0 Å². The number of nitrogens with one attached hydrogen (secondary N) is 2. The summed E-state index contributed by atoms with van der Waals surface area (Å²) in [6.07, 6.45) is 2.86. The lowest BCUT2D eigenvalue weighted by Crippen LogP contribution is -2.56. The molecule has 0 aromatic carbocycles. The van der Waals surface area contributed by atoms with Crippen LogP contribution in [0.4, 0.5) is 0 Å². The summed E-state index contributed by atoms with van der Waals surface area (Å²) in [7, 11) is 0. The van der Waals surface area contributed by atoms with Gasteiger partial charge < -0.3 is 5.11 Å². The molecule has 0 aliphatic carbocycles. The summed E-state index contributed by atoms with van der Waals surface area (Å²) in [4.78, 5) is 50.0. The number of carbonyl (C=O) groups is 1. The molecule has 0 radical (unpaired) electrons. The second kappa shape index (κ2) is 6.00. The van der Waals surface area contributed by atoms with Crippen LogP contribution in [-0.2, 0) is 10.3 Å². The molecule has 1 aromatic rings. The second-order valence-corrected chi connectivity index (χ2v) is 4.18. The molecule has 1 atom stereocenters. The average Bonchev–Trinajstić information content (AvgIpc) is 2.34. The highest BCUT2D eigenvalue weighted by molar-refractivity contribution is 5.77. The fourth-order valence-corrected chi connectivity index (χ4v) is 1.99. The molecule has 0 aliphatic heterocycles. The van der Waals surface area contributed by atoms with Gasteiger partial charge in [-0.25, -0.2) is 23.7 Å². The number of allylic oxidation sites excluding steroid dienone is 2. The Hall–Kier alpha value is -2.64. The van der Waals surface area contributed by atoms with E-state index in [9.17, 15) is 24.3 Å². The summed E-state index contributed by atoms with van der Waals surface area (Å²) in [5.74, 6) is -1.36. The number of aromatic nitrogens is 3. The third-order valence-electron chi connectivity index (χ3n) is 2.92. The average molecular weight is 281 g/mol. The quantitative estimate of drug-likeness (QED) is 0.583. The largest absolute Gasteiger partial charge is 0.479 e. The van der Waals surface area contributed by atoms with E-state index in [1.807, 2.05) is 9.97 Å². The Bertz CT molecular complexity index is 662. The van der Waals surface area contributed by atoms with Crippen LogP contribution in [0, 0.1) is 0 Å². The van der Waals surface area contributed by atoms with Crippen LogP contribution in [0.3, 0.4) is 0 Å². The Labute approximate surface area is 113 Å². The normalized spacial score (nSPS) is 13.4. The van der Waals surface area contributed by atoms with Crippen LogP contribution in [0.1, 0.15) is 19.3 Å². The number of carboxylic acids is 1. The van der Waals surface area contributed by atoms with Crippen LogP contribution in [0.2, 0.25) is 0 Å². The van der Waals surface area contributed by atoms with Gasteiger partial charge in [0.25, 0.3) is 0 Å². The standard InChI is InChI=1S/C12H15N3O5/c1-3-5-7-12(6-4-2,8(16)17)15-10(19)13-9(18)14-11(15)20/h3-4H,1-2,5-7H2,(H,16,17)(H2,13,14,18,19,20). The maximum atomic E-state index is 11.8. The molecule has 0 aliphatic rings. The minimum absolute atomic E-state index is 0.0348. The van der Waals surface area contributed by atoms with Gasteiger partial charge in [0.2, 0.25) is 0 Å². The zero-order valence-electron chi connectivity index (χ0n) is 10.7. The monoisotopic (exact) mass is 281 g/mol. The van der Waals surface area contributed by atoms with E-state index >= 15 is 0 Å². The Morgan fingerprint density at radius 3 is 2.15 bits per heavy atom. The third kappa shape index (κ3) is 2.68. The van der Waals surface area contributed by atoms with Crippen molar-refractivity contribution in [1.29, 1.82) is 0 Å². The van der Waals surface area contributed by atoms with Crippen LogP contribution in [0.5, 0.6) is 0 Å². The lowest BCUT2D eigenvalue weighted by atomic mass is 9.89. The van der Waals surface area contributed by atoms with E-state index in [2.05, 4.69) is 13.2 Å². The second-order valence-electron chi connectivity index (χ2n) is 4.18. The van der Waals surface area contributed by atoms with Gasteiger partial charge >= 0.3 is 23.0 Å². The number of carboxylic acid groups (broad SMARTS) is 1. The molecule has 8 heteroatoms. The molecule has 1 unspecified atom stereocenters. The molecule has 0 saturated carbocycles. The van der Waals surface area contributed by atoms with Crippen molar-refractivity contribution in [2.45, 2.75) is 24.8 Å². The first-order valence-electron chi connectivity index (χ1n) is 5.80.